The number of rotatable bonds is 3. The number of nitrogens with zero attached hydrogens (tertiary/aromatic N) is 3. The van der Waals surface area contributed by atoms with Crippen molar-refractivity contribution in [3.63, 3.8) is 0 Å². The van der Waals surface area contributed by atoms with Gasteiger partial charge in [0.25, 0.3) is 0 Å². The molecule has 3 aliphatic rings. The second-order valence-corrected chi connectivity index (χ2v) is 9.41. The fourth-order valence-electron chi connectivity index (χ4n) is 5.53. The van der Waals surface area contributed by atoms with Gasteiger partial charge in [0.2, 0.25) is 5.91 Å². The van der Waals surface area contributed by atoms with Crippen LogP contribution in [0.2, 0.25) is 0 Å². The predicted molar refractivity (Wildman–Crippen MR) is 125 cm³/mol. The van der Waals surface area contributed by atoms with E-state index in [0.29, 0.717) is 25.4 Å². The first-order valence-corrected chi connectivity index (χ1v) is 11.8. The fourth-order valence-corrected chi connectivity index (χ4v) is 5.53. The monoisotopic (exact) mass is 451 g/mol. The number of carbonyl (C=O) groups is 2. The average molecular weight is 452 g/mol. The van der Waals surface area contributed by atoms with Gasteiger partial charge in [-0.3, -0.25) is 14.6 Å². The highest BCUT2D eigenvalue weighted by atomic mass is 19.1. The Morgan fingerprint density at radius 3 is 2.58 bits per heavy atom. The zero-order valence-electron chi connectivity index (χ0n) is 19.2. The van der Waals surface area contributed by atoms with Crippen molar-refractivity contribution in [2.24, 2.45) is 0 Å². The lowest BCUT2D eigenvalue weighted by molar-refractivity contribution is -0.120. The average Bonchev–Trinajstić information content (AvgIpc) is 2.80. The lowest BCUT2D eigenvalue weighted by atomic mass is 9.96. The second kappa shape index (κ2) is 8.78. The molecule has 0 radical (unpaired) electrons. The largest absolute Gasteiger partial charge is 0.444 e. The van der Waals surface area contributed by atoms with Crippen LogP contribution in [0.1, 0.15) is 42.9 Å². The van der Waals surface area contributed by atoms with Crippen LogP contribution in [0.3, 0.4) is 0 Å². The minimum atomic E-state index is -0.330. The van der Waals surface area contributed by atoms with Gasteiger partial charge in [-0.1, -0.05) is 30.3 Å². The number of benzene rings is 2. The molecule has 0 spiro atoms. The van der Waals surface area contributed by atoms with Gasteiger partial charge >= 0.3 is 6.09 Å². The lowest BCUT2D eigenvalue weighted by Gasteiger charge is -2.41. The number of piperidine rings is 1. The number of aryl methyl sites for hydroxylation is 2. The van der Waals surface area contributed by atoms with Gasteiger partial charge in [-0.2, -0.15) is 0 Å². The van der Waals surface area contributed by atoms with Gasteiger partial charge in [-0.05, 0) is 56.7 Å². The van der Waals surface area contributed by atoms with Crippen LogP contribution in [0.4, 0.5) is 20.6 Å². The molecule has 0 aromatic heterocycles. The van der Waals surface area contributed by atoms with E-state index in [1.807, 2.05) is 43.0 Å². The molecule has 2 aromatic carbocycles. The highest BCUT2D eigenvalue weighted by Gasteiger charge is 2.36. The number of halogens is 1. The van der Waals surface area contributed by atoms with Crippen LogP contribution >= 0.6 is 0 Å². The molecule has 2 aromatic rings. The van der Waals surface area contributed by atoms with Crippen molar-refractivity contribution in [3.8, 4) is 0 Å². The lowest BCUT2D eigenvalue weighted by Crippen LogP contribution is -2.52. The van der Waals surface area contributed by atoms with Crippen LogP contribution in [0.15, 0.2) is 36.4 Å². The Labute approximate surface area is 193 Å². The van der Waals surface area contributed by atoms with E-state index in [2.05, 4.69) is 4.90 Å². The SMILES string of the molecule is Cc1cccc2c1N(C1CCN(CC(=O)N3c4c(F)cccc4CCC3C)CC1)C(=O)OC2. The van der Waals surface area contributed by atoms with Crippen LogP contribution in [-0.2, 0) is 22.6 Å². The summed E-state index contributed by atoms with van der Waals surface area (Å²) in [6.07, 6.45) is 2.85. The summed E-state index contributed by atoms with van der Waals surface area (Å²) in [4.78, 5) is 31.5. The summed E-state index contributed by atoms with van der Waals surface area (Å²) in [6, 6.07) is 11.1. The van der Waals surface area contributed by atoms with Gasteiger partial charge in [0, 0.05) is 30.7 Å². The maximum Gasteiger partial charge on any atom is 0.414 e. The van der Waals surface area contributed by atoms with Gasteiger partial charge < -0.3 is 9.64 Å². The number of anilines is 2. The molecule has 0 bridgehead atoms. The molecule has 3 heterocycles. The van der Waals surface area contributed by atoms with Crippen LogP contribution in [0.25, 0.3) is 0 Å². The van der Waals surface area contributed by atoms with Crippen LogP contribution in [0.5, 0.6) is 0 Å². The number of hydrogen-bond acceptors (Lipinski definition) is 4. The first kappa shape index (κ1) is 21.9. The van der Waals surface area contributed by atoms with Crippen molar-refractivity contribution in [2.75, 3.05) is 29.4 Å². The van der Waals surface area contributed by atoms with Crippen LogP contribution in [-0.4, -0.2) is 48.6 Å². The third kappa shape index (κ3) is 3.99. The van der Waals surface area contributed by atoms with Crippen LogP contribution in [0, 0.1) is 12.7 Å². The van der Waals surface area contributed by atoms with Crippen molar-refractivity contribution in [1.82, 2.24) is 4.90 Å². The highest BCUT2D eigenvalue weighted by Crippen LogP contribution is 2.36. The Morgan fingerprint density at radius 2 is 1.79 bits per heavy atom. The zero-order valence-corrected chi connectivity index (χ0v) is 19.2. The molecule has 6 nitrogen and oxygen atoms in total. The summed E-state index contributed by atoms with van der Waals surface area (Å²) < 4.78 is 20.1. The summed E-state index contributed by atoms with van der Waals surface area (Å²) >= 11 is 0. The normalized spacial score (nSPS) is 21.4. The summed E-state index contributed by atoms with van der Waals surface area (Å²) in [7, 11) is 0. The van der Waals surface area contributed by atoms with Gasteiger partial charge in [0.05, 0.1) is 17.9 Å². The van der Waals surface area contributed by atoms with Crippen molar-refractivity contribution in [3.05, 3.63) is 58.9 Å². The Hall–Kier alpha value is -2.93. The molecule has 1 atom stereocenters. The Balaban J connectivity index is 1.27. The third-order valence-electron chi connectivity index (χ3n) is 7.24. The van der Waals surface area contributed by atoms with Crippen molar-refractivity contribution in [2.45, 2.75) is 58.2 Å². The number of hydrogen-bond donors (Lipinski definition) is 0. The van der Waals surface area contributed by atoms with E-state index >= 15 is 0 Å². The summed E-state index contributed by atoms with van der Waals surface area (Å²) in [5, 5.41) is 0. The summed E-state index contributed by atoms with van der Waals surface area (Å²) in [5.41, 5.74) is 4.42. The molecule has 174 valence electrons. The highest BCUT2D eigenvalue weighted by molar-refractivity contribution is 5.97. The minimum absolute atomic E-state index is 0.0259. The zero-order chi connectivity index (χ0) is 23.1. The number of para-hydroxylation sites is 2. The maximum absolute atomic E-state index is 14.6. The molecule has 3 aliphatic heterocycles. The number of ether oxygens (including phenoxy) is 1. The number of likely N-dealkylation sites (tertiary alicyclic amines) is 1. The molecule has 0 N–H and O–H groups in total. The number of fused-ring (bicyclic) bond motifs is 2. The Kier molecular flexibility index (Phi) is 5.83. The van der Waals surface area contributed by atoms with Crippen LogP contribution < -0.4 is 9.80 Å². The number of carbonyl (C=O) groups excluding carboxylic acids is 2. The van der Waals surface area contributed by atoms with E-state index in [4.69, 9.17) is 4.74 Å². The first-order valence-electron chi connectivity index (χ1n) is 11.8. The van der Waals surface area contributed by atoms with Crippen molar-refractivity contribution >= 4 is 23.4 Å². The van der Waals surface area contributed by atoms with Crippen molar-refractivity contribution in [1.29, 1.82) is 0 Å². The smallest absolute Gasteiger partial charge is 0.414 e. The molecule has 2 amide bonds. The maximum atomic E-state index is 14.6. The quantitative estimate of drug-likeness (QED) is 0.693. The van der Waals surface area contributed by atoms with E-state index in [1.165, 1.54) is 6.07 Å². The molecular formula is C26H30FN3O3. The Morgan fingerprint density at radius 1 is 1.06 bits per heavy atom. The number of cyclic esters (lactones) is 1. The predicted octanol–water partition coefficient (Wildman–Crippen LogP) is 4.42. The molecule has 0 aliphatic carbocycles. The molecule has 1 unspecified atom stereocenters. The van der Waals surface area contributed by atoms with E-state index in [9.17, 15) is 14.0 Å². The van der Waals surface area contributed by atoms with Gasteiger partial charge in [0.15, 0.2) is 0 Å². The van der Waals surface area contributed by atoms with E-state index < -0.39 is 0 Å². The molecule has 7 heteroatoms. The fraction of sp³-hybridized carbons (Fsp3) is 0.462. The van der Waals surface area contributed by atoms with E-state index in [-0.39, 0.29) is 36.4 Å². The molecule has 1 saturated heterocycles. The van der Waals surface area contributed by atoms with E-state index in [0.717, 1.165) is 48.1 Å². The third-order valence-corrected chi connectivity index (χ3v) is 7.24. The second-order valence-electron chi connectivity index (χ2n) is 9.41. The molecule has 0 saturated carbocycles. The van der Waals surface area contributed by atoms with Crippen molar-refractivity contribution < 1.29 is 18.7 Å². The Bertz CT molecular complexity index is 1080. The van der Waals surface area contributed by atoms with Gasteiger partial charge in [-0.25, -0.2) is 9.18 Å². The minimum Gasteiger partial charge on any atom is -0.444 e. The van der Waals surface area contributed by atoms with Gasteiger partial charge in [0.1, 0.15) is 12.4 Å². The molecule has 33 heavy (non-hydrogen) atoms. The standard InChI is InChI=1S/C26H30FN3O3/c1-17-5-3-7-20-16-33-26(32)30(24(17)20)21-11-13-28(14-12-21)15-23(31)29-18(2)9-10-19-6-4-8-22(27)25(19)29/h3-8,18,21H,9-16H2,1-2H3. The first-order chi connectivity index (χ1) is 15.9. The number of amides is 2. The molecular weight excluding hydrogens is 421 g/mol. The van der Waals surface area contributed by atoms with Gasteiger partial charge in [-0.15, -0.1) is 0 Å². The summed E-state index contributed by atoms with van der Waals surface area (Å²) in [5.74, 6) is -0.394. The molecule has 5 rings (SSSR count). The molecule has 1 fully saturated rings. The van der Waals surface area contributed by atoms with E-state index in [1.54, 1.807) is 11.0 Å². The topological polar surface area (TPSA) is 53.1 Å². The summed E-state index contributed by atoms with van der Waals surface area (Å²) in [6.45, 7) is 5.98.